The van der Waals surface area contributed by atoms with Crippen LogP contribution in [0.2, 0.25) is 0 Å². The van der Waals surface area contributed by atoms with Crippen molar-refractivity contribution in [3.05, 3.63) is 89.6 Å². The molecule has 0 unspecified atom stereocenters. The zero-order valence-electron chi connectivity index (χ0n) is 21.3. The number of benzene rings is 2. The molecule has 2 N–H and O–H groups in total. The van der Waals surface area contributed by atoms with E-state index in [4.69, 9.17) is 10.5 Å². The number of pyridine rings is 1. The Morgan fingerprint density at radius 2 is 1.92 bits per heavy atom. The molecule has 6 nitrogen and oxygen atoms in total. The summed E-state index contributed by atoms with van der Waals surface area (Å²) in [6.07, 6.45) is 6.95. The second-order valence-corrected chi connectivity index (χ2v) is 9.30. The standard InChI is InChI=1S/C29H31FN4O2.2ClH/c1-36-15-14-34-19-25(28-23(5-2-6-27(28)34)22-4-3-11-32-18-22)29(35)33-12-9-21(10-13-33)24-16-20(17-31)7-8-26(24)30;;/h2-8,11,16,18-19,21H,9-10,12-15,17,31H2,1H3;2*1H. The third-order valence-electron chi connectivity index (χ3n) is 7.16. The van der Waals surface area contributed by atoms with E-state index in [2.05, 4.69) is 9.55 Å². The van der Waals surface area contributed by atoms with Gasteiger partial charge in [0.15, 0.2) is 0 Å². The van der Waals surface area contributed by atoms with Gasteiger partial charge in [0.05, 0.1) is 12.2 Å². The van der Waals surface area contributed by atoms with Crippen molar-refractivity contribution in [2.45, 2.75) is 31.8 Å². The van der Waals surface area contributed by atoms with Crippen LogP contribution in [0.3, 0.4) is 0 Å². The smallest absolute Gasteiger partial charge is 0.256 e. The van der Waals surface area contributed by atoms with E-state index in [9.17, 15) is 9.18 Å². The van der Waals surface area contributed by atoms with E-state index < -0.39 is 0 Å². The summed E-state index contributed by atoms with van der Waals surface area (Å²) in [6, 6.07) is 15.1. The van der Waals surface area contributed by atoms with Gasteiger partial charge >= 0.3 is 0 Å². The Morgan fingerprint density at radius 3 is 2.61 bits per heavy atom. The molecule has 1 amide bonds. The molecule has 202 valence electrons. The second kappa shape index (κ2) is 13.2. The maximum absolute atomic E-state index is 14.6. The van der Waals surface area contributed by atoms with Gasteiger partial charge in [0.1, 0.15) is 5.82 Å². The maximum Gasteiger partial charge on any atom is 0.256 e. The van der Waals surface area contributed by atoms with Gasteiger partial charge in [0.2, 0.25) is 0 Å². The number of likely N-dealkylation sites (tertiary alicyclic amines) is 1. The Kier molecular flexibility index (Phi) is 10.3. The van der Waals surface area contributed by atoms with E-state index in [0.717, 1.165) is 27.6 Å². The molecule has 0 saturated carbocycles. The van der Waals surface area contributed by atoms with E-state index in [-0.39, 0.29) is 42.5 Å². The van der Waals surface area contributed by atoms with Crippen molar-refractivity contribution in [3.63, 3.8) is 0 Å². The van der Waals surface area contributed by atoms with Crippen LogP contribution in [-0.4, -0.2) is 47.2 Å². The Morgan fingerprint density at radius 1 is 1.13 bits per heavy atom. The molecule has 0 aliphatic carbocycles. The summed E-state index contributed by atoms with van der Waals surface area (Å²) in [6.45, 7) is 2.74. The first-order valence-electron chi connectivity index (χ1n) is 12.4. The van der Waals surface area contributed by atoms with Crippen LogP contribution in [0.1, 0.15) is 40.2 Å². The highest BCUT2D eigenvalue weighted by Crippen LogP contribution is 2.35. The third-order valence-corrected chi connectivity index (χ3v) is 7.16. The number of carbonyl (C=O) groups excluding carboxylic acids is 1. The highest BCUT2D eigenvalue weighted by molar-refractivity contribution is 6.12. The second-order valence-electron chi connectivity index (χ2n) is 9.30. The molecule has 38 heavy (non-hydrogen) atoms. The predicted molar refractivity (Wildman–Crippen MR) is 154 cm³/mol. The van der Waals surface area contributed by atoms with Crippen LogP contribution in [0, 0.1) is 5.82 Å². The molecule has 1 fully saturated rings. The molecule has 0 bridgehead atoms. The molecular weight excluding hydrogens is 526 g/mol. The number of nitrogens with two attached hydrogens (primary N) is 1. The average Bonchev–Trinajstić information content (AvgIpc) is 3.31. The van der Waals surface area contributed by atoms with Gasteiger partial charge in [-0.1, -0.05) is 30.3 Å². The van der Waals surface area contributed by atoms with E-state index in [0.29, 0.717) is 56.8 Å². The van der Waals surface area contributed by atoms with E-state index >= 15 is 0 Å². The van der Waals surface area contributed by atoms with Gasteiger partial charge in [-0.15, -0.1) is 24.8 Å². The molecular formula is C29H33Cl2FN4O2. The van der Waals surface area contributed by atoms with Crippen molar-refractivity contribution in [1.82, 2.24) is 14.5 Å². The topological polar surface area (TPSA) is 73.4 Å². The van der Waals surface area contributed by atoms with Gasteiger partial charge in [0.25, 0.3) is 5.91 Å². The van der Waals surface area contributed by atoms with Crippen molar-refractivity contribution in [2.24, 2.45) is 5.73 Å². The molecule has 1 aliphatic heterocycles. The molecule has 0 spiro atoms. The van der Waals surface area contributed by atoms with Gasteiger partial charge in [-0.25, -0.2) is 4.39 Å². The normalized spacial score (nSPS) is 13.7. The summed E-state index contributed by atoms with van der Waals surface area (Å²) in [4.78, 5) is 20.1. The molecule has 1 aliphatic rings. The number of amides is 1. The number of hydrogen-bond donors (Lipinski definition) is 1. The summed E-state index contributed by atoms with van der Waals surface area (Å²) >= 11 is 0. The van der Waals surface area contributed by atoms with Crippen LogP contribution in [-0.2, 0) is 17.8 Å². The number of ether oxygens (including phenoxy) is 1. The Labute approximate surface area is 234 Å². The monoisotopic (exact) mass is 558 g/mol. The van der Waals surface area contributed by atoms with Gasteiger partial charge < -0.3 is 19.9 Å². The molecule has 1 saturated heterocycles. The highest BCUT2D eigenvalue weighted by atomic mass is 35.5. The van der Waals surface area contributed by atoms with Crippen LogP contribution < -0.4 is 5.73 Å². The van der Waals surface area contributed by atoms with Crippen LogP contribution >= 0.6 is 24.8 Å². The minimum Gasteiger partial charge on any atom is -0.383 e. The maximum atomic E-state index is 14.6. The number of halogens is 3. The Balaban J connectivity index is 0.00000200. The predicted octanol–water partition coefficient (Wildman–Crippen LogP) is 5.81. The van der Waals surface area contributed by atoms with Crippen molar-refractivity contribution < 1.29 is 13.9 Å². The molecule has 0 radical (unpaired) electrons. The first kappa shape index (κ1) is 29.6. The van der Waals surface area contributed by atoms with Crippen LogP contribution in [0.5, 0.6) is 0 Å². The average molecular weight is 560 g/mol. The summed E-state index contributed by atoms with van der Waals surface area (Å²) in [5, 5.41) is 0.926. The van der Waals surface area contributed by atoms with Gasteiger partial charge in [-0.3, -0.25) is 9.78 Å². The quantitative estimate of drug-likeness (QED) is 0.310. The highest BCUT2D eigenvalue weighted by Gasteiger charge is 2.29. The number of methoxy groups -OCH3 is 1. The number of nitrogens with zero attached hydrogens (tertiary/aromatic N) is 3. The third kappa shape index (κ3) is 5.86. The molecule has 5 rings (SSSR count). The number of fused-ring (bicyclic) bond motifs is 1. The minimum absolute atomic E-state index is 0. The van der Waals surface area contributed by atoms with Crippen LogP contribution in [0.4, 0.5) is 4.39 Å². The molecule has 2 aromatic carbocycles. The van der Waals surface area contributed by atoms with E-state index in [1.54, 1.807) is 19.4 Å². The fraction of sp³-hybridized carbons (Fsp3) is 0.310. The van der Waals surface area contributed by atoms with Crippen LogP contribution in [0.15, 0.2) is 67.1 Å². The van der Waals surface area contributed by atoms with E-state index in [1.807, 2.05) is 53.7 Å². The van der Waals surface area contributed by atoms with Gasteiger partial charge in [-0.2, -0.15) is 0 Å². The summed E-state index contributed by atoms with van der Waals surface area (Å²) < 4.78 is 22.0. The van der Waals surface area contributed by atoms with Crippen molar-refractivity contribution in [1.29, 1.82) is 0 Å². The first-order valence-corrected chi connectivity index (χ1v) is 12.4. The van der Waals surface area contributed by atoms with Crippen molar-refractivity contribution >= 4 is 41.6 Å². The summed E-state index contributed by atoms with van der Waals surface area (Å²) in [7, 11) is 1.68. The molecule has 9 heteroatoms. The summed E-state index contributed by atoms with van der Waals surface area (Å²) in [5.41, 5.74) is 11.0. The number of hydrogen-bond acceptors (Lipinski definition) is 4. The lowest BCUT2D eigenvalue weighted by molar-refractivity contribution is 0.0714. The number of rotatable bonds is 7. The molecule has 2 aromatic heterocycles. The van der Waals surface area contributed by atoms with E-state index in [1.165, 1.54) is 6.07 Å². The number of carbonyl (C=O) groups is 1. The molecule has 3 heterocycles. The fourth-order valence-electron chi connectivity index (χ4n) is 5.25. The lowest BCUT2D eigenvalue weighted by Crippen LogP contribution is -2.38. The fourth-order valence-corrected chi connectivity index (χ4v) is 5.25. The van der Waals surface area contributed by atoms with Gasteiger partial charge in [0, 0.05) is 68.3 Å². The first-order chi connectivity index (χ1) is 17.6. The number of piperidine rings is 1. The Hall–Kier alpha value is -2.97. The summed E-state index contributed by atoms with van der Waals surface area (Å²) in [5.74, 6) is -0.115. The van der Waals surface area contributed by atoms with Gasteiger partial charge in [-0.05, 0) is 53.6 Å². The van der Waals surface area contributed by atoms with Crippen molar-refractivity contribution in [2.75, 3.05) is 26.8 Å². The minimum atomic E-state index is -0.195. The van der Waals surface area contributed by atoms with Crippen molar-refractivity contribution in [3.8, 4) is 11.1 Å². The Bertz CT molecular complexity index is 1370. The number of aromatic nitrogens is 2. The SMILES string of the molecule is COCCn1cc(C(=O)N2CCC(c3cc(CN)ccc3F)CC2)c2c(-c3cccnc3)cccc21.Cl.Cl. The lowest BCUT2D eigenvalue weighted by Gasteiger charge is -2.32. The van der Waals surface area contributed by atoms with Crippen LogP contribution in [0.25, 0.3) is 22.0 Å². The molecule has 4 aromatic rings. The largest absolute Gasteiger partial charge is 0.383 e. The lowest BCUT2D eigenvalue weighted by atomic mass is 9.88. The zero-order chi connectivity index (χ0) is 25.1. The zero-order valence-corrected chi connectivity index (χ0v) is 22.9. The molecule has 0 atom stereocenters.